The molecule has 2 rings (SSSR count). The SMILES string of the molecule is COCCOc1ccc(NC(C)CCc2ccco2)cc1. The first-order chi connectivity index (χ1) is 10.3. The molecule has 1 unspecified atom stereocenters. The molecule has 0 amide bonds. The summed E-state index contributed by atoms with van der Waals surface area (Å²) in [6, 6.07) is 12.3. The van der Waals surface area contributed by atoms with Crippen molar-refractivity contribution in [2.75, 3.05) is 25.6 Å². The predicted octanol–water partition coefficient (Wildman–Crippen LogP) is 3.74. The molecule has 0 spiro atoms. The van der Waals surface area contributed by atoms with Gasteiger partial charge >= 0.3 is 0 Å². The lowest BCUT2D eigenvalue weighted by molar-refractivity contribution is 0.146. The van der Waals surface area contributed by atoms with Crippen LogP contribution in [0.2, 0.25) is 0 Å². The van der Waals surface area contributed by atoms with Gasteiger partial charge in [0.1, 0.15) is 18.1 Å². The van der Waals surface area contributed by atoms with Crippen LogP contribution in [-0.4, -0.2) is 26.4 Å². The summed E-state index contributed by atoms with van der Waals surface area (Å²) in [7, 11) is 1.67. The van der Waals surface area contributed by atoms with E-state index in [-0.39, 0.29) is 0 Å². The lowest BCUT2D eigenvalue weighted by Gasteiger charge is -2.15. The van der Waals surface area contributed by atoms with Gasteiger partial charge in [-0.2, -0.15) is 0 Å². The number of aryl methyl sites for hydroxylation is 1. The summed E-state index contributed by atoms with van der Waals surface area (Å²) in [4.78, 5) is 0. The first-order valence-electron chi connectivity index (χ1n) is 7.28. The van der Waals surface area contributed by atoms with Gasteiger partial charge in [-0.1, -0.05) is 0 Å². The third-order valence-corrected chi connectivity index (χ3v) is 3.23. The molecule has 0 aliphatic heterocycles. The molecule has 1 atom stereocenters. The Bertz CT molecular complexity index is 493. The maximum Gasteiger partial charge on any atom is 0.119 e. The Hall–Kier alpha value is -1.94. The molecule has 1 aromatic heterocycles. The third-order valence-electron chi connectivity index (χ3n) is 3.23. The topological polar surface area (TPSA) is 43.6 Å². The second kappa shape index (κ2) is 8.37. The molecule has 0 saturated carbocycles. The first kappa shape index (κ1) is 15.4. The third kappa shape index (κ3) is 5.52. The zero-order chi connectivity index (χ0) is 14.9. The highest BCUT2D eigenvalue weighted by molar-refractivity contribution is 5.46. The minimum Gasteiger partial charge on any atom is -0.491 e. The molecular weight excluding hydrogens is 266 g/mol. The quantitative estimate of drug-likeness (QED) is 0.714. The van der Waals surface area contributed by atoms with E-state index >= 15 is 0 Å². The minimum atomic E-state index is 0.385. The number of benzene rings is 1. The van der Waals surface area contributed by atoms with Gasteiger partial charge in [-0.3, -0.25) is 0 Å². The monoisotopic (exact) mass is 289 g/mol. The van der Waals surface area contributed by atoms with E-state index in [1.54, 1.807) is 13.4 Å². The highest BCUT2D eigenvalue weighted by atomic mass is 16.5. The minimum absolute atomic E-state index is 0.385. The lowest BCUT2D eigenvalue weighted by Crippen LogP contribution is -2.15. The molecule has 1 heterocycles. The summed E-state index contributed by atoms with van der Waals surface area (Å²) in [6.07, 6.45) is 3.69. The Labute approximate surface area is 126 Å². The van der Waals surface area contributed by atoms with Crippen LogP contribution < -0.4 is 10.1 Å². The van der Waals surface area contributed by atoms with Crippen LogP contribution in [0.5, 0.6) is 5.75 Å². The number of hydrogen-bond acceptors (Lipinski definition) is 4. The maximum absolute atomic E-state index is 5.54. The van der Waals surface area contributed by atoms with Crippen LogP contribution in [0.3, 0.4) is 0 Å². The van der Waals surface area contributed by atoms with Crippen molar-refractivity contribution in [1.82, 2.24) is 0 Å². The van der Waals surface area contributed by atoms with E-state index < -0.39 is 0 Å². The zero-order valence-electron chi connectivity index (χ0n) is 12.7. The molecule has 0 fully saturated rings. The van der Waals surface area contributed by atoms with Gasteiger partial charge in [-0.25, -0.2) is 0 Å². The first-order valence-corrected chi connectivity index (χ1v) is 7.28. The summed E-state index contributed by atoms with van der Waals surface area (Å²) in [5, 5.41) is 3.48. The number of ether oxygens (including phenoxy) is 2. The Kier molecular flexibility index (Phi) is 6.16. The van der Waals surface area contributed by atoms with Crippen LogP contribution in [0.1, 0.15) is 19.1 Å². The standard InChI is InChI=1S/C17H23NO3/c1-14(5-8-16-4-3-11-20-16)18-15-6-9-17(10-7-15)21-13-12-19-2/h3-4,6-7,9-11,14,18H,5,8,12-13H2,1-2H3. The largest absolute Gasteiger partial charge is 0.491 e. The fraction of sp³-hybridized carbons (Fsp3) is 0.412. The Morgan fingerprint density at radius 1 is 1.14 bits per heavy atom. The number of furan rings is 1. The van der Waals surface area contributed by atoms with Crippen LogP contribution in [0.15, 0.2) is 47.1 Å². The van der Waals surface area contributed by atoms with Crippen molar-refractivity contribution in [1.29, 1.82) is 0 Å². The fourth-order valence-electron chi connectivity index (χ4n) is 2.06. The molecule has 1 aromatic carbocycles. The van der Waals surface area contributed by atoms with Gasteiger partial charge in [0, 0.05) is 25.3 Å². The normalized spacial score (nSPS) is 12.1. The Morgan fingerprint density at radius 3 is 2.62 bits per heavy atom. The van der Waals surface area contributed by atoms with Crippen LogP contribution in [0.25, 0.3) is 0 Å². The maximum atomic E-state index is 5.54. The van der Waals surface area contributed by atoms with Gasteiger partial charge in [0.25, 0.3) is 0 Å². The van der Waals surface area contributed by atoms with Gasteiger partial charge in [-0.15, -0.1) is 0 Å². The molecule has 21 heavy (non-hydrogen) atoms. The molecule has 1 N–H and O–H groups in total. The van der Waals surface area contributed by atoms with E-state index in [9.17, 15) is 0 Å². The predicted molar refractivity (Wildman–Crippen MR) is 83.9 cm³/mol. The molecule has 4 nitrogen and oxygen atoms in total. The Morgan fingerprint density at radius 2 is 1.95 bits per heavy atom. The van der Waals surface area contributed by atoms with E-state index in [4.69, 9.17) is 13.9 Å². The number of rotatable bonds is 9. The lowest BCUT2D eigenvalue weighted by atomic mass is 10.1. The summed E-state index contributed by atoms with van der Waals surface area (Å²) in [5.74, 6) is 1.89. The summed E-state index contributed by atoms with van der Waals surface area (Å²) >= 11 is 0. The average Bonchev–Trinajstić information content (AvgIpc) is 3.01. The summed E-state index contributed by atoms with van der Waals surface area (Å²) < 4.78 is 15.8. The summed E-state index contributed by atoms with van der Waals surface area (Å²) in [5.41, 5.74) is 1.10. The van der Waals surface area contributed by atoms with E-state index in [2.05, 4.69) is 12.2 Å². The van der Waals surface area contributed by atoms with Gasteiger partial charge in [-0.05, 0) is 49.7 Å². The second-order valence-electron chi connectivity index (χ2n) is 5.03. The zero-order valence-corrected chi connectivity index (χ0v) is 12.7. The molecule has 0 aliphatic rings. The molecule has 2 aromatic rings. The molecule has 0 saturated heterocycles. The van der Waals surface area contributed by atoms with Crippen molar-refractivity contribution in [3.05, 3.63) is 48.4 Å². The van der Waals surface area contributed by atoms with E-state index in [1.807, 2.05) is 36.4 Å². The highest BCUT2D eigenvalue weighted by Crippen LogP contribution is 2.17. The van der Waals surface area contributed by atoms with E-state index in [0.717, 1.165) is 30.0 Å². The van der Waals surface area contributed by atoms with Gasteiger partial charge < -0.3 is 19.2 Å². The van der Waals surface area contributed by atoms with Gasteiger partial charge in [0.2, 0.25) is 0 Å². The van der Waals surface area contributed by atoms with Crippen molar-refractivity contribution < 1.29 is 13.9 Å². The molecular formula is C17H23NO3. The molecule has 114 valence electrons. The molecule has 0 radical (unpaired) electrons. The van der Waals surface area contributed by atoms with Crippen LogP contribution >= 0.6 is 0 Å². The smallest absolute Gasteiger partial charge is 0.119 e. The van der Waals surface area contributed by atoms with Crippen molar-refractivity contribution in [2.45, 2.75) is 25.8 Å². The second-order valence-corrected chi connectivity index (χ2v) is 5.03. The number of anilines is 1. The highest BCUT2D eigenvalue weighted by Gasteiger charge is 2.04. The van der Waals surface area contributed by atoms with Crippen molar-refractivity contribution in [3.8, 4) is 5.75 Å². The van der Waals surface area contributed by atoms with Crippen molar-refractivity contribution in [3.63, 3.8) is 0 Å². The van der Waals surface area contributed by atoms with Crippen molar-refractivity contribution in [2.24, 2.45) is 0 Å². The van der Waals surface area contributed by atoms with Crippen LogP contribution in [0.4, 0.5) is 5.69 Å². The fourth-order valence-corrected chi connectivity index (χ4v) is 2.06. The Balaban J connectivity index is 1.74. The molecule has 0 bridgehead atoms. The summed E-state index contributed by atoms with van der Waals surface area (Å²) in [6.45, 7) is 3.35. The number of nitrogens with one attached hydrogen (secondary N) is 1. The molecule has 4 heteroatoms. The number of hydrogen-bond donors (Lipinski definition) is 1. The van der Waals surface area contributed by atoms with E-state index in [0.29, 0.717) is 19.3 Å². The van der Waals surface area contributed by atoms with Gasteiger partial charge in [0.15, 0.2) is 0 Å². The van der Waals surface area contributed by atoms with Gasteiger partial charge in [0.05, 0.1) is 12.9 Å². The van der Waals surface area contributed by atoms with Crippen molar-refractivity contribution >= 4 is 5.69 Å². The number of methoxy groups -OCH3 is 1. The van der Waals surface area contributed by atoms with Crippen LogP contribution in [0, 0.1) is 0 Å². The molecule has 0 aliphatic carbocycles. The average molecular weight is 289 g/mol. The van der Waals surface area contributed by atoms with Crippen LogP contribution in [-0.2, 0) is 11.2 Å². The van der Waals surface area contributed by atoms with E-state index in [1.165, 1.54) is 0 Å².